The van der Waals surface area contributed by atoms with Gasteiger partial charge in [0.05, 0.1) is 0 Å². The Morgan fingerprint density at radius 2 is 2.25 bits per heavy atom. The third kappa shape index (κ3) is 0.777. The molecular weight excluding hydrogens is 156 g/mol. The summed E-state index contributed by atoms with van der Waals surface area (Å²) >= 11 is 0. The summed E-state index contributed by atoms with van der Waals surface area (Å²) in [6, 6.07) is -0.220. The van der Waals surface area contributed by atoms with Crippen molar-refractivity contribution >= 4 is 11.9 Å². The van der Waals surface area contributed by atoms with Crippen molar-refractivity contribution in [3.8, 4) is 0 Å². The van der Waals surface area contributed by atoms with Crippen LogP contribution in [0.25, 0.3) is 0 Å². The molecule has 2 fully saturated rings. The van der Waals surface area contributed by atoms with Crippen LogP contribution in [0.5, 0.6) is 0 Å². The Balaban J connectivity index is 2.25. The van der Waals surface area contributed by atoms with E-state index in [4.69, 9.17) is 0 Å². The van der Waals surface area contributed by atoms with Gasteiger partial charge in [-0.05, 0) is 19.8 Å². The van der Waals surface area contributed by atoms with E-state index in [9.17, 15) is 9.59 Å². The highest BCUT2D eigenvalue weighted by atomic mass is 16.2. The minimum atomic E-state index is -0.127. The van der Waals surface area contributed by atoms with E-state index >= 15 is 0 Å². The van der Waals surface area contributed by atoms with Gasteiger partial charge >= 0.3 is 6.03 Å². The minimum absolute atomic E-state index is 0.000000000000000666. The number of hydrogen-bond acceptors (Lipinski definition) is 2. The lowest BCUT2D eigenvalue weighted by atomic mass is 10.2. The molecule has 4 nitrogen and oxygen atoms in total. The van der Waals surface area contributed by atoms with Gasteiger partial charge in [-0.1, -0.05) is 0 Å². The topological polar surface area (TPSA) is 40.6 Å². The zero-order chi connectivity index (χ0) is 8.72. The molecular formula is C8H12N2O2. The standard InChI is InChI=1S/C8H12N2O2/c1-2-9-7(11)6-4-3-5-10(6)8(9)12/h6H,2-5H2,1H3. The van der Waals surface area contributed by atoms with Crippen LogP contribution in [-0.2, 0) is 4.79 Å². The highest BCUT2D eigenvalue weighted by Gasteiger charge is 2.46. The number of fused-ring (bicyclic) bond motifs is 1. The normalized spacial score (nSPS) is 28.6. The molecule has 66 valence electrons. The molecule has 2 saturated heterocycles. The Labute approximate surface area is 71.1 Å². The molecule has 4 heteroatoms. The van der Waals surface area contributed by atoms with Crippen LogP contribution >= 0.6 is 0 Å². The molecule has 12 heavy (non-hydrogen) atoms. The van der Waals surface area contributed by atoms with Crippen molar-refractivity contribution in [3.05, 3.63) is 0 Å². The Morgan fingerprint density at radius 1 is 1.50 bits per heavy atom. The molecule has 0 spiro atoms. The number of nitrogens with zero attached hydrogens (tertiary/aromatic N) is 2. The van der Waals surface area contributed by atoms with Gasteiger partial charge in [0.15, 0.2) is 0 Å². The zero-order valence-corrected chi connectivity index (χ0v) is 7.12. The molecule has 2 aliphatic rings. The first-order valence-corrected chi connectivity index (χ1v) is 4.37. The van der Waals surface area contributed by atoms with Crippen LogP contribution in [0.2, 0.25) is 0 Å². The second-order valence-corrected chi connectivity index (χ2v) is 3.22. The van der Waals surface area contributed by atoms with Crippen LogP contribution in [0.15, 0.2) is 0 Å². The van der Waals surface area contributed by atoms with Crippen LogP contribution in [0.4, 0.5) is 4.79 Å². The SMILES string of the molecule is CCN1C(=O)C2CCCN2C1=O. The maximum absolute atomic E-state index is 11.5. The predicted molar refractivity (Wildman–Crippen MR) is 42.5 cm³/mol. The fourth-order valence-corrected chi connectivity index (χ4v) is 1.97. The third-order valence-electron chi connectivity index (χ3n) is 2.60. The third-order valence-corrected chi connectivity index (χ3v) is 2.60. The lowest BCUT2D eigenvalue weighted by molar-refractivity contribution is -0.127. The predicted octanol–water partition coefficient (Wildman–Crippen LogP) is 0.433. The maximum atomic E-state index is 11.5. The molecule has 2 rings (SSSR count). The molecule has 2 aliphatic heterocycles. The molecule has 2 heterocycles. The number of rotatable bonds is 1. The lowest BCUT2D eigenvalue weighted by Gasteiger charge is -2.12. The van der Waals surface area contributed by atoms with E-state index in [0.29, 0.717) is 6.54 Å². The van der Waals surface area contributed by atoms with E-state index in [1.807, 2.05) is 6.92 Å². The number of urea groups is 1. The second-order valence-electron chi connectivity index (χ2n) is 3.22. The first kappa shape index (κ1) is 7.58. The van der Waals surface area contributed by atoms with Gasteiger partial charge in [-0.15, -0.1) is 0 Å². The number of imide groups is 1. The van der Waals surface area contributed by atoms with Crippen LogP contribution in [-0.4, -0.2) is 40.9 Å². The van der Waals surface area contributed by atoms with Gasteiger partial charge in [-0.25, -0.2) is 4.79 Å². The van der Waals surface area contributed by atoms with E-state index in [1.54, 1.807) is 4.90 Å². The summed E-state index contributed by atoms with van der Waals surface area (Å²) in [6.07, 6.45) is 1.82. The quantitative estimate of drug-likeness (QED) is 0.533. The summed E-state index contributed by atoms with van der Waals surface area (Å²) in [4.78, 5) is 26.0. The number of carbonyl (C=O) groups is 2. The van der Waals surface area contributed by atoms with Crippen LogP contribution in [0.1, 0.15) is 19.8 Å². The highest BCUT2D eigenvalue weighted by molar-refractivity contribution is 6.04. The van der Waals surface area contributed by atoms with E-state index in [1.165, 1.54) is 4.90 Å². The summed E-state index contributed by atoms with van der Waals surface area (Å²) in [6.45, 7) is 3.09. The Bertz CT molecular complexity index is 217. The molecule has 0 bridgehead atoms. The van der Waals surface area contributed by atoms with Crippen LogP contribution in [0.3, 0.4) is 0 Å². The molecule has 0 aromatic heterocycles. The van der Waals surface area contributed by atoms with Crippen molar-refractivity contribution in [2.75, 3.05) is 13.1 Å². The smallest absolute Gasteiger partial charge is 0.312 e. The summed E-state index contributed by atoms with van der Waals surface area (Å²) in [5, 5.41) is 0. The van der Waals surface area contributed by atoms with Crippen molar-refractivity contribution in [1.82, 2.24) is 9.80 Å². The van der Waals surface area contributed by atoms with Gasteiger partial charge in [0.1, 0.15) is 6.04 Å². The average Bonchev–Trinajstić information content (AvgIpc) is 2.58. The first-order valence-electron chi connectivity index (χ1n) is 4.37. The van der Waals surface area contributed by atoms with Gasteiger partial charge in [0, 0.05) is 13.1 Å². The minimum Gasteiger partial charge on any atom is -0.312 e. The molecule has 0 aromatic carbocycles. The van der Waals surface area contributed by atoms with Crippen molar-refractivity contribution in [1.29, 1.82) is 0 Å². The van der Waals surface area contributed by atoms with Crippen molar-refractivity contribution in [3.63, 3.8) is 0 Å². The summed E-state index contributed by atoms with van der Waals surface area (Å²) in [5.74, 6) is 0.000000000000000666. The number of amides is 3. The zero-order valence-electron chi connectivity index (χ0n) is 7.12. The van der Waals surface area contributed by atoms with Crippen molar-refractivity contribution in [2.24, 2.45) is 0 Å². The first-order chi connectivity index (χ1) is 5.75. The molecule has 0 saturated carbocycles. The van der Waals surface area contributed by atoms with E-state index in [-0.39, 0.29) is 18.0 Å². The summed E-state index contributed by atoms with van der Waals surface area (Å²) < 4.78 is 0. The van der Waals surface area contributed by atoms with Gasteiger partial charge in [-0.2, -0.15) is 0 Å². The monoisotopic (exact) mass is 168 g/mol. The van der Waals surface area contributed by atoms with E-state index in [0.717, 1.165) is 19.4 Å². The van der Waals surface area contributed by atoms with Crippen molar-refractivity contribution < 1.29 is 9.59 Å². The van der Waals surface area contributed by atoms with Crippen LogP contribution < -0.4 is 0 Å². The molecule has 0 N–H and O–H groups in total. The van der Waals surface area contributed by atoms with E-state index in [2.05, 4.69) is 0 Å². The molecule has 3 amide bonds. The lowest BCUT2D eigenvalue weighted by Crippen LogP contribution is -2.32. The maximum Gasteiger partial charge on any atom is 0.327 e. The summed E-state index contributed by atoms with van der Waals surface area (Å²) in [7, 11) is 0. The Kier molecular flexibility index (Phi) is 1.56. The Morgan fingerprint density at radius 3 is 2.83 bits per heavy atom. The average molecular weight is 168 g/mol. The van der Waals surface area contributed by atoms with Crippen LogP contribution in [0, 0.1) is 0 Å². The molecule has 1 unspecified atom stereocenters. The number of likely N-dealkylation sites (N-methyl/N-ethyl adjacent to an activating group) is 1. The van der Waals surface area contributed by atoms with Gasteiger partial charge in [0.25, 0.3) is 5.91 Å². The second kappa shape index (κ2) is 2.47. The summed E-state index contributed by atoms with van der Waals surface area (Å²) in [5.41, 5.74) is 0. The van der Waals surface area contributed by atoms with Crippen molar-refractivity contribution in [2.45, 2.75) is 25.8 Å². The van der Waals surface area contributed by atoms with E-state index < -0.39 is 0 Å². The fraction of sp³-hybridized carbons (Fsp3) is 0.750. The molecule has 0 radical (unpaired) electrons. The van der Waals surface area contributed by atoms with Gasteiger partial charge in [-0.3, -0.25) is 9.69 Å². The molecule has 0 aromatic rings. The number of hydrogen-bond donors (Lipinski definition) is 0. The van der Waals surface area contributed by atoms with Gasteiger partial charge in [0.2, 0.25) is 0 Å². The Hall–Kier alpha value is -1.06. The largest absolute Gasteiger partial charge is 0.327 e. The molecule has 1 atom stereocenters. The highest BCUT2D eigenvalue weighted by Crippen LogP contribution is 2.26. The molecule has 0 aliphatic carbocycles. The fourth-order valence-electron chi connectivity index (χ4n) is 1.97. The van der Waals surface area contributed by atoms with Gasteiger partial charge < -0.3 is 4.90 Å². The number of carbonyl (C=O) groups excluding carboxylic acids is 2.